The SMILES string of the molecule is COc1cc2cc(c1Cl)N(C)C(=O)C[C@H](OC(=O)[C@H](C)N(C)C(=O)CCS[C@H]1CC(=O)N(CC3CCC(C(C)=O)CC3)C1=O)[C@]1(C)O[C@H]1[C@H](C)[C@@H]1C[C@@](O)(NC(O)O1)[C@H](OC)/C=C/C=C(\C)C2. The van der Waals surface area contributed by atoms with Crippen LogP contribution in [0.4, 0.5) is 5.69 Å². The van der Waals surface area contributed by atoms with Gasteiger partial charge in [0.05, 0.1) is 36.7 Å². The van der Waals surface area contributed by atoms with Crippen LogP contribution in [0.2, 0.25) is 5.02 Å². The fraction of sp³-hybridized carbons (Fsp3) is 0.667. The number of ether oxygens (including phenoxy) is 5. The Balaban J connectivity index is 1.16. The van der Waals surface area contributed by atoms with Crippen LogP contribution in [0, 0.1) is 17.8 Å². The molecule has 4 aliphatic heterocycles. The number of allylic oxidation sites excluding steroid dienone is 3. The molecule has 1 saturated carbocycles. The fourth-order valence-electron chi connectivity index (χ4n) is 9.78. The number of anilines is 1. The second-order valence-electron chi connectivity index (χ2n) is 19.0. The number of halogens is 1. The largest absolute Gasteiger partial charge is 0.495 e. The van der Waals surface area contributed by atoms with Gasteiger partial charge in [0.25, 0.3) is 0 Å². The van der Waals surface area contributed by atoms with Crippen molar-refractivity contribution in [1.82, 2.24) is 15.1 Å². The molecule has 6 rings (SSSR count). The van der Waals surface area contributed by atoms with Gasteiger partial charge in [-0.2, -0.15) is 0 Å². The number of likely N-dealkylation sites (tertiary alicyclic amines) is 1. The van der Waals surface area contributed by atoms with Crippen molar-refractivity contribution in [3.63, 3.8) is 0 Å². The number of hydrogen-bond acceptors (Lipinski definition) is 15. The van der Waals surface area contributed by atoms with E-state index in [0.29, 0.717) is 24.4 Å². The lowest BCUT2D eigenvalue weighted by molar-refractivity contribution is -0.271. The van der Waals surface area contributed by atoms with Crippen LogP contribution in [-0.4, -0.2) is 149 Å². The molecule has 4 bridgehead atoms. The molecule has 0 spiro atoms. The van der Waals surface area contributed by atoms with Gasteiger partial charge in [0, 0.05) is 64.6 Å². The van der Waals surface area contributed by atoms with E-state index in [-0.39, 0.29) is 65.9 Å². The number of thioether (sulfide) groups is 1. The first-order chi connectivity index (χ1) is 31.6. The number of carbonyl (C=O) groups excluding carboxylic acids is 6. The summed E-state index contributed by atoms with van der Waals surface area (Å²) in [5, 5.41) is 25.0. The number of imide groups is 1. The van der Waals surface area contributed by atoms with Gasteiger partial charge in [0.2, 0.25) is 30.0 Å². The van der Waals surface area contributed by atoms with E-state index in [2.05, 4.69) is 5.32 Å². The number of esters is 1. The predicted molar refractivity (Wildman–Crippen MR) is 250 cm³/mol. The average molecular weight is 976 g/mol. The molecule has 17 nitrogen and oxygen atoms in total. The number of rotatable bonds is 12. The van der Waals surface area contributed by atoms with Crippen molar-refractivity contribution in [1.29, 1.82) is 0 Å². The quantitative estimate of drug-likeness (QED) is 0.151. The maximum absolute atomic E-state index is 14.3. The molecule has 370 valence electrons. The molecule has 1 aromatic rings. The number of methoxy groups -OCH3 is 2. The number of aliphatic hydroxyl groups excluding tert-OH is 1. The Hall–Kier alpha value is -3.88. The number of likely N-dealkylation sites (N-methyl/N-ethyl adjacent to an activating group) is 1. The monoisotopic (exact) mass is 974 g/mol. The summed E-state index contributed by atoms with van der Waals surface area (Å²) >= 11 is 8.05. The van der Waals surface area contributed by atoms with E-state index in [1.807, 2.05) is 19.9 Å². The van der Waals surface area contributed by atoms with Gasteiger partial charge in [0.1, 0.15) is 40.4 Å². The van der Waals surface area contributed by atoms with Crippen molar-refractivity contribution in [3.05, 3.63) is 46.5 Å². The number of nitrogens with zero attached hydrogens (tertiary/aromatic N) is 3. The molecule has 1 unspecified atom stereocenters. The summed E-state index contributed by atoms with van der Waals surface area (Å²) < 4.78 is 29.7. The molecule has 4 amide bonds. The summed E-state index contributed by atoms with van der Waals surface area (Å²) in [6.45, 7) is 8.91. The van der Waals surface area contributed by atoms with Gasteiger partial charge >= 0.3 is 5.97 Å². The van der Waals surface area contributed by atoms with Crippen LogP contribution < -0.4 is 15.0 Å². The Kier molecular flexibility index (Phi) is 17.1. The lowest BCUT2D eigenvalue weighted by atomic mass is 9.80. The molecule has 67 heavy (non-hydrogen) atoms. The molecule has 1 aromatic carbocycles. The summed E-state index contributed by atoms with van der Waals surface area (Å²) in [5.74, 6) is -1.72. The first-order valence-corrected chi connectivity index (χ1v) is 24.5. The molecule has 4 fully saturated rings. The van der Waals surface area contributed by atoms with Crippen LogP contribution in [0.15, 0.2) is 35.9 Å². The molecule has 0 aromatic heterocycles. The normalized spacial score (nSPS) is 34.4. The Morgan fingerprint density at radius 3 is 2.46 bits per heavy atom. The number of Topliss-reactive ketones (excluding diaryl/α,β-unsaturated/α-hetero) is 1. The lowest BCUT2D eigenvalue weighted by Crippen LogP contribution is -2.65. The molecule has 1 aliphatic carbocycles. The summed E-state index contributed by atoms with van der Waals surface area (Å²) in [7, 11) is 5.96. The second-order valence-corrected chi connectivity index (χ2v) is 20.7. The van der Waals surface area contributed by atoms with E-state index in [0.717, 1.165) is 36.8 Å². The third kappa shape index (κ3) is 11.9. The Morgan fingerprint density at radius 2 is 1.81 bits per heavy atom. The van der Waals surface area contributed by atoms with E-state index in [4.69, 9.17) is 35.3 Å². The van der Waals surface area contributed by atoms with Gasteiger partial charge in [0.15, 0.2) is 5.72 Å². The van der Waals surface area contributed by atoms with E-state index < -0.39 is 77.1 Å². The average Bonchev–Trinajstić information content (AvgIpc) is 3.91. The molecule has 4 heterocycles. The van der Waals surface area contributed by atoms with E-state index in [1.165, 1.54) is 54.7 Å². The number of ketones is 1. The minimum Gasteiger partial charge on any atom is -0.495 e. The topological polar surface area (TPSA) is 214 Å². The van der Waals surface area contributed by atoms with Crippen molar-refractivity contribution in [2.75, 3.05) is 45.5 Å². The zero-order chi connectivity index (χ0) is 49.1. The molecule has 10 atom stereocenters. The number of amides is 4. The highest BCUT2D eigenvalue weighted by atomic mass is 35.5. The molecular formula is C48H67ClN4O13S. The Labute approximate surface area is 402 Å². The van der Waals surface area contributed by atoms with Crippen LogP contribution in [0.1, 0.15) is 91.5 Å². The smallest absolute Gasteiger partial charge is 0.328 e. The number of hydrogen-bond donors (Lipinski definition) is 3. The third-order valence-electron chi connectivity index (χ3n) is 14.3. The molecule has 3 saturated heterocycles. The minimum atomic E-state index is -1.77. The maximum Gasteiger partial charge on any atom is 0.328 e. The molecular weight excluding hydrogens is 908 g/mol. The molecule has 0 radical (unpaired) electrons. The van der Waals surface area contributed by atoms with Gasteiger partial charge in [-0.3, -0.25) is 28.9 Å². The van der Waals surface area contributed by atoms with Gasteiger partial charge in [-0.25, -0.2) is 10.1 Å². The van der Waals surface area contributed by atoms with Crippen molar-refractivity contribution in [2.24, 2.45) is 17.8 Å². The maximum atomic E-state index is 14.3. The van der Waals surface area contributed by atoms with Crippen LogP contribution in [0.25, 0.3) is 0 Å². The van der Waals surface area contributed by atoms with Crippen LogP contribution in [0.5, 0.6) is 5.75 Å². The number of aliphatic hydroxyl groups is 2. The van der Waals surface area contributed by atoms with Gasteiger partial charge in [-0.05, 0) is 83.4 Å². The zero-order valence-electron chi connectivity index (χ0n) is 40.0. The number of nitrogens with one attached hydrogen (secondary N) is 1. The van der Waals surface area contributed by atoms with E-state index in [1.54, 1.807) is 45.2 Å². The van der Waals surface area contributed by atoms with Crippen molar-refractivity contribution in [3.8, 4) is 5.75 Å². The van der Waals surface area contributed by atoms with Crippen LogP contribution in [-0.2, 0) is 54.1 Å². The summed E-state index contributed by atoms with van der Waals surface area (Å²) in [5.41, 5.74) is -0.959. The highest BCUT2D eigenvalue weighted by Crippen LogP contribution is 2.49. The van der Waals surface area contributed by atoms with E-state index in [9.17, 15) is 39.0 Å². The van der Waals surface area contributed by atoms with Gasteiger partial charge in [-0.15, -0.1) is 11.8 Å². The van der Waals surface area contributed by atoms with E-state index >= 15 is 0 Å². The fourth-order valence-corrected chi connectivity index (χ4v) is 11.2. The van der Waals surface area contributed by atoms with Crippen molar-refractivity contribution < 1.29 is 62.7 Å². The minimum absolute atomic E-state index is 0.0221. The Morgan fingerprint density at radius 1 is 1.10 bits per heavy atom. The number of epoxide rings is 1. The first kappa shape index (κ1) is 52.5. The molecule has 3 N–H and O–H groups in total. The first-order valence-electron chi connectivity index (χ1n) is 23.0. The zero-order valence-corrected chi connectivity index (χ0v) is 41.5. The van der Waals surface area contributed by atoms with Crippen molar-refractivity contribution in [2.45, 2.75) is 146 Å². The summed E-state index contributed by atoms with van der Waals surface area (Å²) in [6.07, 6.45) is 3.32. The number of fused-ring (bicyclic) bond motifs is 5. The lowest BCUT2D eigenvalue weighted by Gasteiger charge is -2.44. The summed E-state index contributed by atoms with van der Waals surface area (Å²) in [4.78, 5) is 83.9. The van der Waals surface area contributed by atoms with Crippen LogP contribution in [0.3, 0.4) is 0 Å². The van der Waals surface area contributed by atoms with Crippen molar-refractivity contribution >= 4 is 64.4 Å². The number of benzene rings is 1. The Bertz CT molecular complexity index is 2120. The predicted octanol–water partition coefficient (Wildman–Crippen LogP) is 4.32. The molecule has 19 heteroatoms. The third-order valence-corrected chi connectivity index (χ3v) is 15.9. The standard InChI is InChI=1S/C48H67ClN4O13S/c1-26-11-10-12-37(63-9)48(61)24-35(64-46(60)50-48)27(2)43-47(5,66-43)38(23-40(56)52(7)33-20-31(19-26)21-34(62-8)42(33)49)65-45(59)28(3)51(6)39(55)17-18-67-36-22-41(57)53(44(36)58)25-30-13-15-32(16-14-30)29(4)54/h10-12,20-21,27-28,30,32,35-38,43,46,50,60-61H,13-19,22-25H2,1-9H3/b12-10+,26-11+/t27-,28+,30?,32?,35+,36+,37-,38+,43+,46?,47+,48+/m1/s1. The van der Waals surface area contributed by atoms with Gasteiger partial charge in [-0.1, -0.05) is 42.3 Å². The second kappa shape index (κ2) is 21.8. The van der Waals surface area contributed by atoms with Gasteiger partial charge < -0.3 is 43.7 Å². The van der Waals surface area contributed by atoms with Crippen LogP contribution >= 0.6 is 23.4 Å². The summed E-state index contributed by atoms with van der Waals surface area (Å²) in [6, 6.07) is 2.46. The highest BCUT2D eigenvalue weighted by Gasteiger charge is 2.64. The number of carbonyl (C=O) groups is 6. The molecule has 5 aliphatic rings. The highest BCUT2D eigenvalue weighted by molar-refractivity contribution is 8.00.